The van der Waals surface area contributed by atoms with Crippen LogP contribution >= 0.6 is 11.6 Å². The molecule has 0 unspecified atom stereocenters. The van der Waals surface area contributed by atoms with E-state index in [0.717, 1.165) is 11.1 Å². The van der Waals surface area contributed by atoms with Gasteiger partial charge in [-0.3, -0.25) is 4.79 Å². The quantitative estimate of drug-likeness (QED) is 0.522. The molecule has 0 radical (unpaired) electrons. The Morgan fingerprint density at radius 3 is 2.48 bits per heavy atom. The summed E-state index contributed by atoms with van der Waals surface area (Å²) >= 11 is 6.42. The number of hydrogen-bond acceptors (Lipinski definition) is 6. The van der Waals surface area contributed by atoms with Crippen LogP contribution in [0.3, 0.4) is 0 Å². The van der Waals surface area contributed by atoms with Gasteiger partial charge in [0.05, 0.1) is 23.7 Å². The number of carbonyl (C=O) groups excluding carboxylic acids is 2. The molecule has 1 saturated heterocycles. The van der Waals surface area contributed by atoms with E-state index in [9.17, 15) is 18.0 Å². The molecule has 10 heteroatoms. The van der Waals surface area contributed by atoms with Gasteiger partial charge in [-0.1, -0.05) is 55.3 Å². The SMILES string of the molecule is Cc1ccc(Cn2nc(C)c(C(=O)OCC(=O)N(CC(C)C)[C@@H]3CCS(=O)(=O)C3)c2Cl)cc1. The zero-order valence-corrected chi connectivity index (χ0v) is 20.9. The molecule has 2 aromatic rings. The van der Waals surface area contributed by atoms with Gasteiger partial charge in [0.25, 0.3) is 5.91 Å². The lowest BCUT2D eigenvalue weighted by molar-refractivity contribution is -0.137. The van der Waals surface area contributed by atoms with Crippen molar-refractivity contribution in [1.82, 2.24) is 14.7 Å². The van der Waals surface area contributed by atoms with Crippen molar-refractivity contribution >= 4 is 33.3 Å². The summed E-state index contributed by atoms with van der Waals surface area (Å²) in [5, 5.41) is 4.50. The summed E-state index contributed by atoms with van der Waals surface area (Å²) in [6.45, 7) is 7.85. The maximum absolute atomic E-state index is 12.9. The van der Waals surface area contributed by atoms with E-state index in [1.165, 1.54) is 9.58 Å². The second-order valence-electron chi connectivity index (χ2n) is 8.97. The van der Waals surface area contributed by atoms with Crippen molar-refractivity contribution in [3.8, 4) is 0 Å². The second-order valence-corrected chi connectivity index (χ2v) is 11.6. The molecule has 33 heavy (non-hydrogen) atoms. The predicted molar refractivity (Wildman–Crippen MR) is 126 cm³/mol. The Morgan fingerprint density at radius 1 is 1.24 bits per heavy atom. The molecular weight excluding hydrogens is 466 g/mol. The van der Waals surface area contributed by atoms with E-state index >= 15 is 0 Å². The number of amides is 1. The molecule has 0 N–H and O–H groups in total. The van der Waals surface area contributed by atoms with Crippen LogP contribution in [0.1, 0.15) is 47.4 Å². The predicted octanol–water partition coefficient (Wildman–Crippen LogP) is 3.03. The number of carbonyl (C=O) groups is 2. The van der Waals surface area contributed by atoms with Gasteiger partial charge in [0, 0.05) is 12.6 Å². The Labute approximate surface area is 199 Å². The highest BCUT2D eigenvalue weighted by atomic mass is 35.5. The normalized spacial score (nSPS) is 17.3. The van der Waals surface area contributed by atoms with Gasteiger partial charge in [-0.2, -0.15) is 5.10 Å². The minimum Gasteiger partial charge on any atom is -0.452 e. The Kier molecular flexibility index (Phi) is 7.84. The molecular formula is C23H30ClN3O5S. The van der Waals surface area contributed by atoms with Crippen molar-refractivity contribution < 1.29 is 22.7 Å². The second kappa shape index (κ2) is 10.3. The topological polar surface area (TPSA) is 98.6 Å². The zero-order valence-electron chi connectivity index (χ0n) is 19.4. The lowest BCUT2D eigenvalue weighted by Gasteiger charge is -2.29. The zero-order chi connectivity index (χ0) is 24.3. The molecule has 1 atom stereocenters. The van der Waals surface area contributed by atoms with Gasteiger partial charge in [-0.25, -0.2) is 17.9 Å². The third kappa shape index (κ3) is 6.35. The van der Waals surface area contributed by atoms with Crippen molar-refractivity contribution in [1.29, 1.82) is 0 Å². The van der Waals surface area contributed by atoms with E-state index in [4.69, 9.17) is 16.3 Å². The summed E-state index contributed by atoms with van der Waals surface area (Å²) in [7, 11) is -3.15. The fourth-order valence-corrected chi connectivity index (χ4v) is 5.95. The van der Waals surface area contributed by atoms with Crippen molar-refractivity contribution in [3.05, 3.63) is 51.8 Å². The van der Waals surface area contributed by atoms with Crippen LogP contribution in [0.5, 0.6) is 0 Å². The fraction of sp³-hybridized carbons (Fsp3) is 0.522. The van der Waals surface area contributed by atoms with Gasteiger partial charge in [0.2, 0.25) is 0 Å². The number of halogens is 1. The van der Waals surface area contributed by atoms with E-state index in [0.29, 0.717) is 25.2 Å². The standard InChI is InChI=1S/C23H30ClN3O5S/c1-15(2)11-26(19-9-10-33(30,31)14-19)20(28)13-32-23(29)21-17(4)25-27(22(21)24)12-18-7-5-16(3)6-8-18/h5-8,15,19H,9-14H2,1-4H3/t19-/m1/s1. The lowest BCUT2D eigenvalue weighted by atomic mass is 10.1. The highest BCUT2D eigenvalue weighted by Gasteiger charge is 2.35. The molecule has 1 fully saturated rings. The first-order valence-electron chi connectivity index (χ1n) is 10.9. The maximum Gasteiger partial charge on any atom is 0.343 e. The van der Waals surface area contributed by atoms with Crippen LogP contribution in [0.15, 0.2) is 24.3 Å². The van der Waals surface area contributed by atoms with Crippen LogP contribution in [-0.4, -0.2) is 65.7 Å². The first-order chi connectivity index (χ1) is 15.5. The first-order valence-corrected chi connectivity index (χ1v) is 13.1. The van der Waals surface area contributed by atoms with E-state index in [-0.39, 0.29) is 28.1 Å². The van der Waals surface area contributed by atoms with Gasteiger partial charge in [0.1, 0.15) is 10.7 Å². The Balaban J connectivity index is 1.68. The molecule has 1 aliphatic heterocycles. The van der Waals surface area contributed by atoms with Crippen LogP contribution < -0.4 is 0 Å². The highest BCUT2D eigenvalue weighted by molar-refractivity contribution is 7.91. The molecule has 2 heterocycles. The van der Waals surface area contributed by atoms with Crippen LogP contribution in [0.2, 0.25) is 5.15 Å². The van der Waals surface area contributed by atoms with E-state index in [1.807, 2.05) is 45.0 Å². The summed E-state index contributed by atoms with van der Waals surface area (Å²) in [4.78, 5) is 27.1. The first kappa shape index (κ1) is 25.2. The summed E-state index contributed by atoms with van der Waals surface area (Å²) in [5.41, 5.74) is 2.65. The average Bonchev–Trinajstić information content (AvgIpc) is 3.23. The van der Waals surface area contributed by atoms with E-state index in [1.54, 1.807) is 6.92 Å². The van der Waals surface area contributed by atoms with Crippen molar-refractivity contribution in [3.63, 3.8) is 0 Å². The summed E-state index contributed by atoms with van der Waals surface area (Å²) < 4.78 is 30.6. The van der Waals surface area contributed by atoms with Gasteiger partial charge < -0.3 is 9.64 Å². The van der Waals surface area contributed by atoms with Gasteiger partial charge in [-0.05, 0) is 31.7 Å². The van der Waals surface area contributed by atoms with Gasteiger partial charge in [0.15, 0.2) is 16.4 Å². The molecule has 1 aromatic heterocycles. The Hall–Kier alpha value is -2.39. The van der Waals surface area contributed by atoms with Crippen molar-refractivity contribution in [2.45, 2.75) is 46.7 Å². The van der Waals surface area contributed by atoms with Crippen LogP contribution in [0.25, 0.3) is 0 Å². The molecule has 0 aliphatic carbocycles. The van der Waals surface area contributed by atoms with Crippen molar-refractivity contribution in [2.24, 2.45) is 5.92 Å². The number of sulfone groups is 1. The van der Waals surface area contributed by atoms with Gasteiger partial charge in [-0.15, -0.1) is 0 Å². The van der Waals surface area contributed by atoms with Crippen LogP contribution in [0, 0.1) is 19.8 Å². The Bertz CT molecular complexity index is 1130. The van der Waals surface area contributed by atoms with E-state index in [2.05, 4.69) is 5.10 Å². The molecule has 1 amide bonds. The third-order valence-corrected chi connectivity index (χ3v) is 7.72. The number of nitrogens with zero attached hydrogens (tertiary/aromatic N) is 3. The molecule has 1 aliphatic rings. The number of aromatic nitrogens is 2. The summed E-state index contributed by atoms with van der Waals surface area (Å²) in [5.74, 6) is -1.00. The number of ether oxygens (including phenoxy) is 1. The number of hydrogen-bond donors (Lipinski definition) is 0. The summed E-state index contributed by atoms with van der Waals surface area (Å²) in [6, 6.07) is 7.50. The maximum atomic E-state index is 12.9. The molecule has 3 rings (SSSR count). The molecule has 8 nitrogen and oxygen atoms in total. The van der Waals surface area contributed by atoms with Gasteiger partial charge >= 0.3 is 5.97 Å². The monoisotopic (exact) mass is 495 g/mol. The van der Waals surface area contributed by atoms with Crippen LogP contribution in [0.4, 0.5) is 0 Å². The van der Waals surface area contributed by atoms with Crippen molar-refractivity contribution in [2.75, 3.05) is 24.7 Å². The molecule has 0 bridgehead atoms. The van der Waals surface area contributed by atoms with E-state index < -0.39 is 34.4 Å². The number of benzene rings is 1. The number of aryl methyl sites for hydroxylation is 2. The summed E-state index contributed by atoms with van der Waals surface area (Å²) in [6.07, 6.45) is 0.394. The lowest BCUT2D eigenvalue weighted by Crippen LogP contribution is -2.45. The molecule has 0 saturated carbocycles. The van der Waals surface area contributed by atoms with Crippen LogP contribution in [-0.2, 0) is 25.9 Å². The largest absolute Gasteiger partial charge is 0.452 e. The molecule has 1 aromatic carbocycles. The third-order valence-electron chi connectivity index (χ3n) is 5.58. The molecule has 180 valence electrons. The Morgan fingerprint density at radius 2 is 1.91 bits per heavy atom. The fourth-order valence-electron chi connectivity index (χ4n) is 3.91. The highest BCUT2D eigenvalue weighted by Crippen LogP contribution is 2.23. The minimum atomic E-state index is -3.15. The average molecular weight is 496 g/mol. The minimum absolute atomic E-state index is 0.0594. The number of esters is 1. The number of rotatable bonds is 8. The smallest absolute Gasteiger partial charge is 0.343 e. The molecule has 0 spiro atoms.